The molecule has 1 heterocycles. The summed E-state index contributed by atoms with van der Waals surface area (Å²) in [6.45, 7) is 7.07. The van der Waals surface area contributed by atoms with Crippen molar-refractivity contribution in [1.82, 2.24) is 9.97 Å². The molecule has 0 saturated carbocycles. The number of hydrogen-bond donors (Lipinski definition) is 1. The molecule has 0 unspecified atom stereocenters. The molecule has 0 bridgehead atoms. The van der Waals surface area contributed by atoms with Gasteiger partial charge in [-0.3, -0.25) is 0 Å². The third kappa shape index (κ3) is 4.56. The van der Waals surface area contributed by atoms with Crippen LogP contribution in [0.5, 0.6) is 0 Å². The fourth-order valence-corrected chi connectivity index (χ4v) is 2.45. The van der Waals surface area contributed by atoms with Crippen molar-refractivity contribution in [1.29, 1.82) is 0 Å². The molecule has 100 valence electrons. The van der Waals surface area contributed by atoms with E-state index in [1.165, 1.54) is 5.56 Å². The van der Waals surface area contributed by atoms with Gasteiger partial charge in [0.1, 0.15) is 5.82 Å². The molecule has 19 heavy (non-hydrogen) atoms. The average Bonchev–Trinajstić information content (AvgIpc) is 2.36. The van der Waals surface area contributed by atoms with Gasteiger partial charge >= 0.3 is 0 Å². The summed E-state index contributed by atoms with van der Waals surface area (Å²) in [5, 5.41) is 4.68. The number of aromatic nitrogens is 2. The van der Waals surface area contributed by atoms with Crippen molar-refractivity contribution < 1.29 is 0 Å². The maximum atomic E-state index is 4.53. The van der Waals surface area contributed by atoms with Gasteiger partial charge in [-0.05, 0) is 12.5 Å². The summed E-state index contributed by atoms with van der Waals surface area (Å²) in [5.74, 6) is 0.888. The van der Waals surface area contributed by atoms with Gasteiger partial charge in [0.2, 0.25) is 0 Å². The summed E-state index contributed by atoms with van der Waals surface area (Å²) in [5.41, 5.74) is 2.24. The van der Waals surface area contributed by atoms with Gasteiger partial charge in [0.15, 0.2) is 5.16 Å². The highest BCUT2D eigenvalue weighted by Gasteiger charge is 2.05. The number of anilines is 1. The topological polar surface area (TPSA) is 37.8 Å². The van der Waals surface area contributed by atoms with E-state index in [1.807, 2.05) is 31.2 Å². The molecule has 1 aromatic heterocycles. The summed E-state index contributed by atoms with van der Waals surface area (Å²) in [6.07, 6.45) is 0. The van der Waals surface area contributed by atoms with Crippen molar-refractivity contribution in [2.24, 2.45) is 0 Å². The summed E-state index contributed by atoms with van der Waals surface area (Å²) >= 11 is 1.69. The van der Waals surface area contributed by atoms with E-state index in [4.69, 9.17) is 0 Å². The Bertz CT molecular complexity index is 526. The van der Waals surface area contributed by atoms with E-state index in [0.717, 1.165) is 23.2 Å². The van der Waals surface area contributed by atoms with Crippen LogP contribution in [0.1, 0.15) is 25.1 Å². The number of aryl methyl sites for hydroxylation is 1. The molecule has 1 aromatic carbocycles. The number of benzene rings is 1. The van der Waals surface area contributed by atoms with E-state index >= 15 is 0 Å². The standard InChI is InChI=1S/C15H19N3S/c1-11(2)19-15-17-12(3)9-14(18-15)16-10-13-7-5-4-6-8-13/h4-9,11H,10H2,1-3H3,(H,16,17,18). The Kier molecular flexibility index (Phi) is 4.80. The molecule has 3 nitrogen and oxygen atoms in total. The Labute approximate surface area is 118 Å². The molecule has 0 radical (unpaired) electrons. The fraction of sp³-hybridized carbons (Fsp3) is 0.333. The lowest BCUT2D eigenvalue weighted by molar-refractivity contribution is 0.915. The first kappa shape index (κ1) is 13.9. The highest BCUT2D eigenvalue weighted by Crippen LogP contribution is 2.21. The zero-order chi connectivity index (χ0) is 13.7. The van der Waals surface area contributed by atoms with Gasteiger partial charge in [-0.25, -0.2) is 9.97 Å². The van der Waals surface area contributed by atoms with E-state index in [9.17, 15) is 0 Å². The van der Waals surface area contributed by atoms with Gasteiger partial charge in [-0.15, -0.1) is 0 Å². The molecular formula is C15H19N3S. The number of nitrogens with zero attached hydrogens (tertiary/aromatic N) is 2. The second-order valence-corrected chi connectivity index (χ2v) is 6.23. The maximum Gasteiger partial charge on any atom is 0.189 e. The molecule has 1 N–H and O–H groups in total. The molecule has 0 spiro atoms. The number of hydrogen-bond acceptors (Lipinski definition) is 4. The maximum absolute atomic E-state index is 4.53. The molecule has 2 aromatic rings. The minimum absolute atomic E-state index is 0.490. The molecule has 4 heteroatoms. The van der Waals surface area contributed by atoms with Crippen molar-refractivity contribution in [3.05, 3.63) is 47.7 Å². The Balaban J connectivity index is 2.05. The largest absolute Gasteiger partial charge is 0.366 e. The monoisotopic (exact) mass is 273 g/mol. The Morgan fingerprint density at radius 2 is 1.89 bits per heavy atom. The SMILES string of the molecule is Cc1cc(NCc2ccccc2)nc(SC(C)C)n1. The predicted octanol–water partition coefficient (Wildman–Crippen LogP) is 3.90. The fourth-order valence-electron chi connectivity index (χ4n) is 1.68. The first-order chi connectivity index (χ1) is 9.13. The highest BCUT2D eigenvalue weighted by molar-refractivity contribution is 7.99. The van der Waals surface area contributed by atoms with Gasteiger partial charge in [0.05, 0.1) is 0 Å². The molecule has 0 aliphatic carbocycles. The first-order valence-corrected chi connectivity index (χ1v) is 7.31. The van der Waals surface area contributed by atoms with E-state index in [2.05, 4.69) is 41.3 Å². The van der Waals surface area contributed by atoms with Gasteiger partial charge < -0.3 is 5.32 Å². The van der Waals surface area contributed by atoms with E-state index in [-0.39, 0.29) is 0 Å². The van der Waals surface area contributed by atoms with Crippen LogP contribution in [0.3, 0.4) is 0 Å². The van der Waals surface area contributed by atoms with Crippen LogP contribution >= 0.6 is 11.8 Å². The number of rotatable bonds is 5. The summed E-state index contributed by atoms with van der Waals surface area (Å²) in [7, 11) is 0. The van der Waals surface area contributed by atoms with E-state index < -0.39 is 0 Å². The average molecular weight is 273 g/mol. The minimum Gasteiger partial charge on any atom is -0.366 e. The van der Waals surface area contributed by atoms with Crippen LogP contribution in [-0.2, 0) is 6.54 Å². The van der Waals surface area contributed by atoms with Crippen LogP contribution in [0, 0.1) is 6.92 Å². The van der Waals surface area contributed by atoms with Gasteiger partial charge in [0.25, 0.3) is 0 Å². The second kappa shape index (κ2) is 6.57. The van der Waals surface area contributed by atoms with Crippen LogP contribution in [0.25, 0.3) is 0 Å². The molecule has 0 atom stereocenters. The van der Waals surface area contributed by atoms with Crippen molar-refractivity contribution in [3.63, 3.8) is 0 Å². The molecule has 0 amide bonds. The second-order valence-electron chi connectivity index (χ2n) is 4.68. The Morgan fingerprint density at radius 3 is 2.58 bits per heavy atom. The lowest BCUT2D eigenvalue weighted by Gasteiger charge is -2.09. The lowest BCUT2D eigenvalue weighted by Crippen LogP contribution is -2.04. The van der Waals surface area contributed by atoms with Crippen LogP contribution in [0.15, 0.2) is 41.6 Å². The summed E-state index contributed by atoms with van der Waals surface area (Å²) in [6, 6.07) is 12.3. The lowest BCUT2D eigenvalue weighted by atomic mass is 10.2. The zero-order valence-corrected chi connectivity index (χ0v) is 12.4. The summed E-state index contributed by atoms with van der Waals surface area (Å²) < 4.78 is 0. The van der Waals surface area contributed by atoms with Crippen molar-refractivity contribution in [2.75, 3.05) is 5.32 Å². The van der Waals surface area contributed by atoms with Crippen LogP contribution in [0.2, 0.25) is 0 Å². The Hall–Kier alpha value is -1.55. The van der Waals surface area contributed by atoms with E-state index in [0.29, 0.717) is 5.25 Å². The van der Waals surface area contributed by atoms with E-state index in [1.54, 1.807) is 11.8 Å². The molecule has 0 saturated heterocycles. The zero-order valence-electron chi connectivity index (χ0n) is 11.6. The van der Waals surface area contributed by atoms with Crippen LogP contribution in [-0.4, -0.2) is 15.2 Å². The van der Waals surface area contributed by atoms with Gasteiger partial charge in [-0.2, -0.15) is 0 Å². The number of thioether (sulfide) groups is 1. The predicted molar refractivity (Wildman–Crippen MR) is 81.5 cm³/mol. The molecular weight excluding hydrogens is 254 g/mol. The van der Waals surface area contributed by atoms with Crippen molar-refractivity contribution in [3.8, 4) is 0 Å². The van der Waals surface area contributed by atoms with Gasteiger partial charge in [-0.1, -0.05) is 55.9 Å². The van der Waals surface area contributed by atoms with Crippen molar-refractivity contribution >= 4 is 17.6 Å². The number of nitrogens with one attached hydrogen (secondary N) is 1. The molecule has 0 aliphatic heterocycles. The van der Waals surface area contributed by atoms with Crippen molar-refractivity contribution in [2.45, 2.75) is 37.7 Å². The normalized spacial score (nSPS) is 10.7. The van der Waals surface area contributed by atoms with Crippen LogP contribution < -0.4 is 5.32 Å². The molecule has 0 fully saturated rings. The molecule has 0 aliphatic rings. The van der Waals surface area contributed by atoms with Crippen LogP contribution in [0.4, 0.5) is 5.82 Å². The first-order valence-electron chi connectivity index (χ1n) is 6.43. The highest BCUT2D eigenvalue weighted by atomic mass is 32.2. The third-order valence-electron chi connectivity index (χ3n) is 2.49. The Morgan fingerprint density at radius 1 is 1.16 bits per heavy atom. The third-order valence-corrected chi connectivity index (χ3v) is 3.36. The minimum atomic E-state index is 0.490. The van der Waals surface area contributed by atoms with Gasteiger partial charge in [0, 0.05) is 23.6 Å². The smallest absolute Gasteiger partial charge is 0.189 e. The quantitative estimate of drug-likeness (QED) is 0.662. The molecule has 2 rings (SSSR count). The summed E-state index contributed by atoms with van der Waals surface area (Å²) in [4.78, 5) is 8.97.